The van der Waals surface area contributed by atoms with Gasteiger partial charge in [0.15, 0.2) is 0 Å². The van der Waals surface area contributed by atoms with Crippen LogP contribution in [-0.2, 0) is 17.6 Å². The van der Waals surface area contributed by atoms with Crippen LogP contribution in [0.1, 0.15) is 33.6 Å². The number of nitrogens with one attached hydrogen (secondary N) is 1. The lowest BCUT2D eigenvalue weighted by atomic mass is 10.1. The summed E-state index contributed by atoms with van der Waals surface area (Å²) in [5.74, 6) is -1.43. The number of carbonyl (C=O) groups is 2. The second kappa shape index (κ2) is 7.70. The average Bonchev–Trinajstić information content (AvgIpc) is 2.96. The molecular weight excluding hydrogens is 300 g/mol. The number of benzene rings is 1. The van der Waals surface area contributed by atoms with E-state index in [-0.39, 0.29) is 12.3 Å². The molecule has 0 aliphatic heterocycles. The number of hydrogen-bond acceptors (Lipinski definition) is 4. The summed E-state index contributed by atoms with van der Waals surface area (Å²) in [5, 5.41) is 12.8. The van der Waals surface area contributed by atoms with Crippen molar-refractivity contribution < 1.29 is 14.7 Å². The van der Waals surface area contributed by atoms with Crippen molar-refractivity contribution >= 4 is 23.2 Å². The molecule has 116 valence electrons. The van der Waals surface area contributed by atoms with Gasteiger partial charge in [0.25, 0.3) is 5.91 Å². The topological polar surface area (TPSA) is 79.3 Å². The maximum Gasteiger partial charge on any atom is 0.326 e. The Bertz CT molecular complexity index is 640. The van der Waals surface area contributed by atoms with Gasteiger partial charge in [-0.2, -0.15) is 0 Å². The number of carboxylic acid groups (broad SMARTS) is 1. The first-order chi connectivity index (χ1) is 10.6. The van der Waals surface area contributed by atoms with Gasteiger partial charge in [-0.25, -0.2) is 9.78 Å². The molecule has 0 spiro atoms. The molecule has 1 amide bonds. The number of aromatic nitrogens is 1. The number of aliphatic carboxylic acids is 1. The van der Waals surface area contributed by atoms with E-state index in [4.69, 9.17) is 0 Å². The summed E-state index contributed by atoms with van der Waals surface area (Å²) in [6.07, 6.45) is 3.54. The molecular formula is C16H18N2O3S. The summed E-state index contributed by atoms with van der Waals surface area (Å²) >= 11 is 1.31. The predicted molar refractivity (Wildman–Crippen MR) is 85.1 cm³/mol. The fourth-order valence-corrected chi connectivity index (χ4v) is 2.95. The van der Waals surface area contributed by atoms with Crippen molar-refractivity contribution in [2.45, 2.75) is 32.2 Å². The van der Waals surface area contributed by atoms with Gasteiger partial charge in [0.1, 0.15) is 10.9 Å². The summed E-state index contributed by atoms with van der Waals surface area (Å²) in [6, 6.07) is 8.28. The van der Waals surface area contributed by atoms with Gasteiger partial charge < -0.3 is 10.4 Å². The second-order valence-corrected chi connectivity index (χ2v) is 6.04. The van der Waals surface area contributed by atoms with E-state index in [1.807, 2.05) is 37.3 Å². The zero-order valence-electron chi connectivity index (χ0n) is 12.3. The molecule has 5 nitrogen and oxygen atoms in total. The Morgan fingerprint density at radius 1 is 1.32 bits per heavy atom. The van der Waals surface area contributed by atoms with Crippen LogP contribution in [0.4, 0.5) is 0 Å². The van der Waals surface area contributed by atoms with Gasteiger partial charge >= 0.3 is 5.97 Å². The molecule has 0 saturated heterocycles. The predicted octanol–water partition coefficient (Wildman–Crippen LogP) is 2.52. The molecule has 2 aromatic rings. The zero-order chi connectivity index (χ0) is 15.9. The minimum Gasteiger partial charge on any atom is -0.480 e. The van der Waals surface area contributed by atoms with Crippen LogP contribution in [0.5, 0.6) is 0 Å². The largest absolute Gasteiger partial charge is 0.480 e. The van der Waals surface area contributed by atoms with Crippen LogP contribution >= 0.6 is 11.3 Å². The Labute approximate surface area is 133 Å². The highest BCUT2D eigenvalue weighted by molar-refractivity contribution is 7.13. The first-order valence-electron chi connectivity index (χ1n) is 7.12. The summed E-state index contributed by atoms with van der Waals surface area (Å²) in [6.45, 7) is 2.04. The van der Waals surface area contributed by atoms with Crippen LogP contribution in [0.15, 0.2) is 36.5 Å². The summed E-state index contributed by atoms with van der Waals surface area (Å²) in [4.78, 5) is 28.1. The smallest absolute Gasteiger partial charge is 0.326 e. The van der Waals surface area contributed by atoms with Gasteiger partial charge in [-0.3, -0.25) is 4.79 Å². The van der Waals surface area contributed by atoms with Crippen molar-refractivity contribution in [3.63, 3.8) is 0 Å². The third-order valence-electron chi connectivity index (χ3n) is 3.13. The highest BCUT2D eigenvalue weighted by Crippen LogP contribution is 2.15. The third-order valence-corrected chi connectivity index (χ3v) is 4.18. The number of nitrogens with zero attached hydrogens (tertiary/aromatic N) is 1. The van der Waals surface area contributed by atoms with E-state index in [1.165, 1.54) is 17.5 Å². The van der Waals surface area contributed by atoms with Crippen LogP contribution < -0.4 is 5.32 Å². The SMILES string of the molecule is CCCc1ncc(C(=O)N[C@H](Cc2ccccc2)C(=O)O)s1. The molecule has 0 fully saturated rings. The molecule has 1 heterocycles. The Morgan fingerprint density at radius 2 is 2.05 bits per heavy atom. The molecule has 2 N–H and O–H groups in total. The monoisotopic (exact) mass is 318 g/mol. The van der Waals surface area contributed by atoms with E-state index in [9.17, 15) is 14.7 Å². The van der Waals surface area contributed by atoms with Crippen molar-refractivity contribution in [2.75, 3.05) is 0 Å². The molecule has 0 saturated carbocycles. The van der Waals surface area contributed by atoms with E-state index in [1.54, 1.807) is 0 Å². The van der Waals surface area contributed by atoms with Crippen LogP contribution in [0.25, 0.3) is 0 Å². The van der Waals surface area contributed by atoms with Gasteiger partial charge in [0, 0.05) is 6.42 Å². The fourth-order valence-electron chi connectivity index (χ4n) is 2.02. The van der Waals surface area contributed by atoms with Gasteiger partial charge in [-0.15, -0.1) is 11.3 Å². The van der Waals surface area contributed by atoms with E-state index in [0.717, 1.165) is 23.4 Å². The minimum atomic E-state index is -1.05. The highest BCUT2D eigenvalue weighted by Gasteiger charge is 2.22. The Kier molecular flexibility index (Phi) is 5.66. The molecule has 1 aromatic carbocycles. The maximum atomic E-state index is 12.2. The van der Waals surface area contributed by atoms with Crippen molar-refractivity contribution in [1.29, 1.82) is 0 Å². The molecule has 1 atom stereocenters. The molecule has 0 bridgehead atoms. The lowest BCUT2D eigenvalue weighted by Crippen LogP contribution is -2.42. The number of carbonyl (C=O) groups excluding carboxylic acids is 1. The molecule has 2 rings (SSSR count). The van der Waals surface area contributed by atoms with E-state index < -0.39 is 12.0 Å². The minimum absolute atomic E-state index is 0.253. The summed E-state index contributed by atoms with van der Waals surface area (Å²) in [7, 11) is 0. The van der Waals surface area contributed by atoms with Crippen LogP contribution in [0, 0.1) is 0 Å². The van der Waals surface area contributed by atoms with Crippen LogP contribution in [0.2, 0.25) is 0 Å². The first-order valence-corrected chi connectivity index (χ1v) is 7.94. The van der Waals surface area contributed by atoms with Gasteiger partial charge in [0.2, 0.25) is 0 Å². The number of rotatable bonds is 7. The number of carboxylic acids is 1. The quantitative estimate of drug-likeness (QED) is 0.822. The Hall–Kier alpha value is -2.21. The van der Waals surface area contributed by atoms with Crippen molar-refractivity contribution in [2.24, 2.45) is 0 Å². The molecule has 0 aliphatic rings. The van der Waals surface area contributed by atoms with Crippen molar-refractivity contribution in [1.82, 2.24) is 10.3 Å². The number of thiazole rings is 1. The second-order valence-electron chi connectivity index (χ2n) is 4.92. The summed E-state index contributed by atoms with van der Waals surface area (Å²) in [5.41, 5.74) is 0.867. The number of amides is 1. The third kappa shape index (κ3) is 4.39. The normalized spacial score (nSPS) is 11.9. The fraction of sp³-hybridized carbons (Fsp3) is 0.312. The maximum absolute atomic E-state index is 12.2. The summed E-state index contributed by atoms with van der Waals surface area (Å²) < 4.78 is 0. The molecule has 6 heteroatoms. The first kappa shape index (κ1) is 16.2. The van der Waals surface area contributed by atoms with E-state index in [2.05, 4.69) is 10.3 Å². The lowest BCUT2D eigenvalue weighted by Gasteiger charge is -2.13. The van der Waals surface area contributed by atoms with Gasteiger partial charge in [-0.1, -0.05) is 37.3 Å². The molecule has 22 heavy (non-hydrogen) atoms. The van der Waals surface area contributed by atoms with Crippen LogP contribution in [0.3, 0.4) is 0 Å². The van der Waals surface area contributed by atoms with E-state index >= 15 is 0 Å². The Morgan fingerprint density at radius 3 is 2.68 bits per heavy atom. The highest BCUT2D eigenvalue weighted by atomic mass is 32.1. The zero-order valence-corrected chi connectivity index (χ0v) is 13.1. The average molecular weight is 318 g/mol. The van der Waals surface area contributed by atoms with E-state index in [0.29, 0.717) is 4.88 Å². The molecule has 0 radical (unpaired) electrons. The number of hydrogen-bond donors (Lipinski definition) is 2. The Balaban J connectivity index is 2.03. The van der Waals surface area contributed by atoms with Crippen molar-refractivity contribution in [3.8, 4) is 0 Å². The lowest BCUT2D eigenvalue weighted by molar-refractivity contribution is -0.139. The molecule has 0 unspecified atom stereocenters. The van der Waals surface area contributed by atoms with Crippen LogP contribution in [-0.4, -0.2) is 28.0 Å². The van der Waals surface area contributed by atoms with Gasteiger partial charge in [-0.05, 0) is 18.4 Å². The molecule has 1 aromatic heterocycles. The van der Waals surface area contributed by atoms with Crippen molar-refractivity contribution in [3.05, 3.63) is 52.0 Å². The molecule has 0 aliphatic carbocycles. The number of aryl methyl sites for hydroxylation is 1. The standard InChI is InChI=1S/C16H18N2O3S/c1-2-6-14-17-10-13(22-14)15(19)18-12(16(20)21)9-11-7-4-3-5-8-11/h3-5,7-8,10,12H,2,6,9H2,1H3,(H,18,19)(H,20,21)/t12-/m1/s1. The van der Waals surface area contributed by atoms with Gasteiger partial charge in [0.05, 0.1) is 11.2 Å².